The summed E-state index contributed by atoms with van der Waals surface area (Å²) in [6.07, 6.45) is 7.54. The van der Waals surface area contributed by atoms with Gasteiger partial charge in [0, 0.05) is 25.6 Å². The maximum Gasteiger partial charge on any atom is 0.246 e. The molecule has 0 radical (unpaired) electrons. The zero-order chi connectivity index (χ0) is 18.1. The Kier molecular flexibility index (Phi) is 10.5. The Morgan fingerprint density at radius 1 is 1.12 bits per heavy atom. The normalized spacial score (nSPS) is 24.5. The lowest BCUT2D eigenvalue weighted by atomic mass is 9.84. The molecule has 0 aromatic carbocycles. The molecular formula is C18H34ClN3O4. The summed E-state index contributed by atoms with van der Waals surface area (Å²) < 4.78 is 10.1. The van der Waals surface area contributed by atoms with Crippen LogP contribution in [0.3, 0.4) is 0 Å². The average Bonchev–Trinajstić information content (AvgIpc) is 3.08. The first kappa shape index (κ1) is 23.1. The molecule has 0 spiro atoms. The molecule has 8 heteroatoms. The molecule has 0 saturated heterocycles. The molecule has 4 N–H and O–H groups in total. The second-order valence-electron chi connectivity index (χ2n) is 7.34. The van der Waals surface area contributed by atoms with Crippen LogP contribution in [0, 0.1) is 5.92 Å². The number of nitrogens with two attached hydrogens (primary N) is 1. The fourth-order valence-corrected chi connectivity index (χ4v) is 3.87. The minimum atomic E-state index is -0.179. The highest BCUT2D eigenvalue weighted by molar-refractivity contribution is 5.85. The van der Waals surface area contributed by atoms with E-state index in [2.05, 4.69) is 10.6 Å². The number of ether oxygens (including phenoxy) is 2. The highest BCUT2D eigenvalue weighted by atomic mass is 35.5. The Bertz CT molecular complexity index is 436. The zero-order valence-electron chi connectivity index (χ0n) is 15.8. The first-order chi connectivity index (χ1) is 12.1. The van der Waals surface area contributed by atoms with Gasteiger partial charge in [-0.1, -0.05) is 12.8 Å². The number of amides is 2. The number of carbonyl (C=O) groups excluding carboxylic acids is 2. The molecule has 0 aliphatic heterocycles. The summed E-state index contributed by atoms with van der Waals surface area (Å²) in [5.74, 6) is 0.0761. The Labute approximate surface area is 162 Å². The molecule has 2 aliphatic carbocycles. The minimum Gasteiger partial charge on any atom is -0.382 e. The Hall–Kier alpha value is -0.890. The molecular weight excluding hydrogens is 358 g/mol. The SMILES string of the molecule is COCCOCC(=O)NC1CCC(C(=O)NC2(CN)CCCC2)CC1.Cl. The lowest BCUT2D eigenvalue weighted by molar-refractivity contribution is -0.128. The molecule has 2 saturated carbocycles. The molecule has 2 amide bonds. The van der Waals surface area contributed by atoms with Crippen LogP contribution in [0.1, 0.15) is 51.4 Å². The van der Waals surface area contributed by atoms with Gasteiger partial charge in [-0.2, -0.15) is 0 Å². The van der Waals surface area contributed by atoms with Gasteiger partial charge < -0.3 is 25.8 Å². The van der Waals surface area contributed by atoms with Crippen molar-refractivity contribution in [3.05, 3.63) is 0 Å². The van der Waals surface area contributed by atoms with Gasteiger partial charge in [0.2, 0.25) is 11.8 Å². The fourth-order valence-electron chi connectivity index (χ4n) is 3.87. The van der Waals surface area contributed by atoms with Crippen molar-refractivity contribution >= 4 is 24.2 Å². The van der Waals surface area contributed by atoms with Gasteiger partial charge >= 0.3 is 0 Å². The summed E-state index contributed by atoms with van der Waals surface area (Å²) in [6.45, 7) is 1.48. The zero-order valence-corrected chi connectivity index (χ0v) is 16.6. The van der Waals surface area contributed by atoms with E-state index in [1.807, 2.05) is 0 Å². The van der Waals surface area contributed by atoms with Crippen LogP contribution in [0.5, 0.6) is 0 Å². The summed E-state index contributed by atoms with van der Waals surface area (Å²) in [7, 11) is 1.60. The van der Waals surface area contributed by atoms with E-state index in [9.17, 15) is 9.59 Å². The molecule has 2 rings (SSSR count). The molecule has 2 fully saturated rings. The summed E-state index contributed by atoms with van der Waals surface area (Å²) in [6, 6.07) is 0.137. The molecule has 0 aromatic rings. The van der Waals surface area contributed by atoms with Gasteiger partial charge in [0.25, 0.3) is 0 Å². The van der Waals surface area contributed by atoms with Gasteiger partial charge in [-0.25, -0.2) is 0 Å². The molecule has 0 unspecified atom stereocenters. The first-order valence-electron chi connectivity index (χ1n) is 9.47. The average molecular weight is 392 g/mol. The van der Waals surface area contributed by atoms with Crippen molar-refractivity contribution in [2.75, 3.05) is 33.5 Å². The van der Waals surface area contributed by atoms with Crippen molar-refractivity contribution in [2.45, 2.75) is 62.9 Å². The van der Waals surface area contributed by atoms with Gasteiger partial charge in [0.1, 0.15) is 6.61 Å². The van der Waals surface area contributed by atoms with Crippen LogP contribution in [0.15, 0.2) is 0 Å². The Balaban J connectivity index is 0.00000338. The number of hydrogen-bond donors (Lipinski definition) is 3. The summed E-state index contributed by atoms with van der Waals surface area (Å²) in [5.41, 5.74) is 5.72. The van der Waals surface area contributed by atoms with E-state index in [0.717, 1.165) is 51.4 Å². The summed E-state index contributed by atoms with van der Waals surface area (Å²) in [5, 5.41) is 6.21. The van der Waals surface area contributed by atoms with E-state index in [1.54, 1.807) is 7.11 Å². The van der Waals surface area contributed by atoms with E-state index in [4.69, 9.17) is 15.2 Å². The van der Waals surface area contributed by atoms with Crippen LogP contribution in [0.2, 0.25) is 0 Å². The van der Waals surface area contributed by atoms with Crippen molar-refractivity contribution in [2.24, 2.45) is 11.7 Å². The quantitative estimate of drug-likeness (QED) is 0.511. The van der Waals surface area contributed by atoms with Crippen LogP contribution in [0.4, 0.5) is 0 Å². The van der Waals surface area contributed by atoms with Crippen LogP contribution >= 0.6 is 12.4 Å². The van der Waals surface area contributed by atoms with Crippen molar-refractivity contribution in [3.8, 4) is 0 Å². The van der Waals surface area contributed by atoms with Gasteiger partial charge in [0.15, 0.2) is 0 Å². The van der Waals surface area contributed by atoms with Crippen molar-refractivity contribution < 1.29 is 19.1 Å². The largest absolute Gasteiger partial charge is 0.382 e. The predicted molar refractivity (Wildman–Crippen MR) is 102 cm³/mol. The van der Waals surface area contributed by atoms with Crippen molar-refractivity contribution in [1.82, 2.24) is 10.6 Å². The van der Waals surface area contributed by atoms with Gasteiger partial charge in [-0.05, 0) is 38.5 Å². The molecule has 0 bridgehead atoms. The van der Waals surface area contributed by atoms with Crippen LogP contribution in [0.25, 0.3) is 0 Å². The molecule has 0 atom stereocenters. The summed E-state index contributed by atoms with van der Waals surface area (Å²) >= 11 is 0. The number of nitrogens with one attached hydrogen (secondary N) is 2. The lowest BCUT2D eigenvalue weighted by Crippen LogP contribution is -2.54. The smallest absolute Gasteiger partial charge is 0.246 e. The fraction of sp³-hybridized carbons (Fsp3) is 0.889. The van der Waals surface area contributed by atoms with E-state index < -0.39 is 0 Å². The molecule has 0 aromatic heterocycles. The number of methoxy groups -OCH3 is 1. The highest BCUT2D eigenvalue weighted by Gasteiger charge is 2.36. The van der Waals surface area contributed by atoms with Crippen LogP contribution in [-0.2, 0) is 19.1 Å². The molecule has 152 valence electrons. The predicted octanol–water partition coefficient (Wildman–Crippen LogP) is 1.13. The molecule has 7 nitrogen and oxygen atoms in total. The minimum absolute atomic E-state index is 0. The first-order valence-corrected chi connectivity index (χ1v) is 9.47. The van der Waals surface area contributed by atoms with E-state index >= 15 is 0 Å². The van der Waals surface area contributed by atoms with E-state index in [0.29, 0.717) is 19.8 Å². The van der Waals surface area contributed by atoms with Gasteiger partial charge in [0.05, 0.1) is 18.8 Å². The maximum atomic E-state index is 12.6. The van der Waals surface area contributed by atoms with Gasteiger partial charge in [-0.3, -0.25) is 9.59 Å². The number of carbonyl (C=O) groups is 2. The monoisotopic (exact) mass is 391 g/mol. The van der Waals surface area contributed by atoms with Crippen LogP contribution < -0.4 is 16.4 Å². The third-order valence-corrected chi connectivity index (χ3v) is 5.47. The second-order valence-corrected chi connectivity index (χ2v) is 7.34. The van der Waals surface area contributed by atoms with E-state index in [1.165, 1.54) is 0 Å². The van der Waals surface area contributed by atoms with Gasteiger partial charge in [-0.15, -0.1) is 12.4 Å². The molecule has 26 heavy (non-hydrogen) atoms. The summed E-state index contributed by atoms with van der Waals surface area (Å²) in [4.78, 5) is 24.4. The third-order valence-electron chi connectivity index (χ3n) is 5.47. The Morgan fingerprint density at radius 3 is 2.35 bits per heavy atom. The number of hydrogen-bond acceptors (Lipinski definition) is 5. The standard InChI is InChI=1S/C18H33N3O4.ClH/c1-24-10-11-25-12-16(22)20-15-6-4-14(5-7-15)17(23)21-18(13-19)8-2-3-9-18;/h14-15H,2-13,19H2,1H3,(H,20,22)(H,21,23);1H. The number of halogens is 1. The topological polar surface area (TPSA) is 103 Å². The van der Waals surface area contributed by atoms with Crippen LogP contribution in [-0.4, -0.2) is 56.9 Å². The van der Waals surface area contributed by atoms with Crippen molar-refractivity contribution in [1.29, 1.82) is 0 Å². The molecule has 0 heterocycles. The Morgan fingerprint density at radius 2 is 1.77 bits per heavy atom. The highest BCUT2D eigenvalue weighted by Crippen LogP contribution is 2.31. The maximum absolute atomic E-state index is 12.6. The van der Waals surface area contributed by atoms with E-state index in [-0.39, 0.29) is 48.3 Å². The second kappa shape index (κ2) is 11.7. The number of rotatable bonds is 9. The molecule has 2 aliphatic rings. The lowest BCUT2D eigenvalue weighted by Gasteiger charge is -2.33. The van der Waals surface area contributed by atoms with Crippen molar-refractivity contribution in [3.63, 3.8) is 0 Å². The third kappa shape index (κ3) is 7.02.